The Kier molecular flexibility index (Phi) is 3.28. The lowest BCUT2D eigenvalue weighted by Crippen LogP contribution is -2.50. The van der Waals surface area contributed by atoms with Crippen LogP contribution in [0.15, 0.2) is 0 Å². The first-order chi connectivity index (χ1) is 7.69. The monoisotopic (exact) mass is 225 g/mol. The Balaban J connectivity index is 2.25. The first kappa shape index (κ1) is 11.6. The largest absolute Gasteiger partial charge is 0.468 e. The van der Waals surface area contributed by atoms with E-state index in [9.17, 15) is 9.59 Å². The van der Waals surface area contributed by atoms with Crippen LogP contribution in [0.4, 0.5) is 0 Å². The summed E-state index contributed by atoms with van der Waals surface area (Å²) in [7, 11) is 1.37. The third kappa shape index (κ3) is 1.86. The lowest BCUT2D eigenvalue weighted by atomic mass is 9.61. The molecular formula is C12H19NO3. The van der Waals surface area contributed by atoms with Gasteiger partial charge in [0, 0.05) is 6.42 Å². The van der Waals surface area contributed by atoms with Gasteiger partial charge in [-0.05, 0) is 44.2 Å². The molecule has 1 aliphatic carbocycles. The Hall–Kier alpha value is -0.900. The Morgan fingerprint density at radius 2 is 2.06 bits per heavy atom. The molecule has 0 bridgehead atoms. The topological polar surface area (TPSA) is 55.4 Å². The smallest absolute Gasteiger partial charge is 0.316 e. The third-order valence-electron chi connectivity index (χ3n) is 4.07. The van der Waals surface area contributed by atoms with E-state index in [0.717, 1.165) is 38.8 Å². The molecule has 1 aliphatic heterocycles. The predicted octanol–water partition coefficient (Wildman–Crippen LogP) is 0.898. The van der Waals surface area contributed by atoms with E-state index in [2.05, 4.69) is 5.32 Å². The maximum Gasteiger partial charge on any atom is 0.316 e. The maximum absolute atomic E-state index is 11.9. The van der Waals surface area contributed by atoms with Gasteiger partial charge >= 0.3 is 5.97 Å². The number of carbonyl (C=O) groups excluding carboxylic acids is 2. The number of esters is 1. The van der Waals surface area contributed by atoms with Gasteiger partial charge in [-0.1, -0.05) is 0 Å². The summed E-state index contributed by atoms with van der Waals surface area (Å²) in [5.41, 5.74) is -0.117. The molecule has 1 unspecified atom stereocenters. The van der Waals surface area contributed by atoms with Crippen molar-refractivity contribution in [3.05, 3.63) is 0 Å². The van der Waals surface area contributed by atoms with Crippen LogP contribution in [0.5, 0.6) is 0 Å². The fourth-order valence-corrected chi connectivity index (χ4v) is 3.21. The second kappa shape index (κ2) is 4.53. The molecule has 1 atom stereocenters. The number of Topliss-reactive ketones (excluding diaryl/α,β-unsaturated/α-hetero) is 1. The Morgan fingerprint density at radius 3 is 2.69 bits per heavy atom. The standard InChI is InChI=1S/C12H19NO3/c1-16-11(15)10-9(14)3-2-4-12(10)5-7-13-8-6-12/h10,13H,2-8H2,1H3. The van der Waals surface area contributed by atoms with Crippen molar-refractivity contribution >= 4 is 11.8 Å². The van der Waals surface area contributed by atoms with E-state index >= 15 is 0 Å². The number of hydrogen-bond acceptors (Lipinski definition) is 4. The first-order valence-corrected chi connectivity index (χ1v) is 6.01. The van der Waals surface area contributed by atoms with E-state index in [0.29, 0.717) is 6.42 Å². The van der Waals surface area contributed by atoms with Crippen LogP contribution in [0.25, 0.3) is 0 Å². The average Bonchev–Trinajstić information content (AvgIpc) is 2.29. The van der Waals surface area contributed by atoms with Gasteiger partial charge in [0.2, 0.25) is 0 Å². The van der Waals surface area contributed by atoms with Crippen molar-refractivity contribution < 1.29 is 14.3 Å². The molecule has 0 amide bonds. The summed E-state index contributed by atoms with van der Waals surface area (Å²) < 4.78 is 4.81. The Morgan fingerprint density at radius 1 is 1.38 bits per heavy atom. The van der Waals surface area contributed by atoms with Gasteiger partial charge in [-0.2, -0.15) is 0 Å². The van der Waals surface area contributed by atoms with Crippen LogP contribution in [0, 0.1) is 11.3 Å². The molecule has 16 heavy (non-hydrogen) atoms. The minimum absolute atomic E-state index is 0.0833. The molecule has 1 spiro atoms. The highest BCUT2D eigenvalue weighted by molar-refractivity contribution is 6.00. The fraction of sp³-hybridized carbons (Fsp3) is 0.833. The van der Waals surface area contributed by atoms with Crippen molar-refractivity contribution in [2.45, 2.75) is 32.1 Å². The molecule has 90 valence electrons. The number of ketones is 1. The van der Waals surface area contributed by atoms with Crippen LogP contribution in [0.1, 0.15) is 32.1 Å². The summed E-state index contributed by atoms with van der Waals surface area (Å²) in [5.74, 6) is -0.750. The highest BCUT2D eigenvalue weighted by atomic mass is 16.5. The van der Waals surface area contributed by atoms with E-state index in [4.69, 9.17) is 4.74 Å². The van der Waals surface area contributed by atoms with Crippen LogP contribution < -0.4 is 5.32 Å². The normalized spacial score (nSPS) is 29.1. The Labute approximate surface area is 95.7 Å². The van der Waals surface area contributed by atoms with Crippen molar-refractivity contribution in [3.63, 3.8) is 0 Å². The number of methoxy groups -OCH3 is 1. The second-order valence-electron chi connectivity index (χ2n) is 4.89. The van der Waals surface area contributed by atoms with Crippen molar-refractivity contribution in [1.29, 1.82) is 0 Å². The van der Waals surface area contributed by atoms with Gasteiger partial charge in [0.1, 0.15) is 11.7 Å². The van der Waals surface area contributed by atoms with E-state index in [1.54, 1.807) is 0 Å². The quantitative estimate of drug-likeness (QED) is 0.532. The van der Waals surface area contributed by atoms with Gasteiger partial charge in [-0.15, -0.1) is 0 Å². The zero-order valence-electron chi connectivity index (χ0n) is 9.75. The van der Waals surface area contributed by atoms with Crippen molar-refractivity contribution in [3.8, 4) is 0 Å². The second-order valence-corrected chi connectivity index (χ2v) is 4.89. The third-order valence-corrected chi connectivity index (χ3v) is 4.07. The molecule has 2 aliphatic rings. The molecule has 1 heterocycles. The van der Waals surface area contributed by atoms with Crippen LogP contribution in [-0.4, -0.2) is 32.0 Å². The number of carbonyl (C=O) groups is 2. The molecule has 4 nitrogen and oxygen atoms in total. The number of rotatable bonds is 1. The molecule has 0 aromatic rings. The number of hydrogen-bond donors (Lipinski definition) is 1. The molecule has 0 aromatic heterocycles. The minimum atomic E-state index is -0.506. The van der Waals surface area contributed by atoms with E-state index in [1.165, 1.54) is 7.11 Å². The predicted molar refractivity (Wildman–Crippen MR) is 58.9 cm³/mol. The number of nitrogens with one attached hydrogen (secondary N) is 1. The summed E-state index contributed by atoms with van der Waals surface area (Å²) in [6.45, 7) is 1.81. The van der Waals surface area contributed by atoms with E-state index < -0.39 is 5.92 Å². The molecule has 2 fully saturated rings. The number of piperidine rings is 1. The van der Waals surface area contributed by atoms with Crippen LogP contribution in [0.2, 0.25) is 0 Å². The van der Waals surface area contributed by atoms with Crippen molar-refractivity contribution in [1.82, 2.24) is 5.32 Å². The Bertz CT molecular complexity index is 281. The highest BCUT2D eigenvalue weighted by Crippen LogP contribution is 2.46. The molecule has 0 aromatic carbocycles. The molecule has 1 N–H and O–H groups in total. The molecule has 1 saturated carbocycles. The van der Waals surface area contributed by atoms with Crippen LogP contribution >= 0.6 is 0 Å². The minimum Gasteiger partial charge on any atom is -0.468 e. The lowest BCUT2D eigenvalue weighted by Gasteiger charge is -2.44. The first-order valence-electron chi connectivity index (χ1n) is 6.01. The summed E-state index contributed by atoms with van der Waals surface area (Å²) in [5, 5.41) is 3.29. The zero-order valence-corrected chi connectivity index (χ0v) is 9.75. The van der Waals surface area contributed by atoms with Gasteiger partial charge in [-0.25, -0.2) is 0 Å². The van der Waals surface area contributed by atoms with Gasteiger partial charge in [0.05, 0.1) is 7.11 Å². The maximum atomic E-state index is 11.9. The SMILES string of the molecule is COC(=O)C1C(=O)CCCC12CCNCC2. The highest BCUT2D eigenvalue weighted by Gasteiger charge is 2.49. The summed E-state index contributed by atoms with van der Waals surface area (Å²) >= 11 is 0. The molecular weight excluding hydrogens is 206 g/mol. The average molecular weight is 225 g/mol. The summed E-state index contributed by atoms with van der Waals surface area (Å²) in [4.78, 5) is 23.7. The summed E-state index contributed by atoms with van der Waals surface area (Å²) in [6, 6.07) is 0. The van der Waals surface area contributed by atoms with E-state index in [1.807, 2.05) is 0 Å². The van der Waals surface area contributed by atoms with Crippen molar-refractivity contribution in [2.24, 2.45) is 11.3 Å². The molecule has 4 heteroatoms. The zero-order chi connectivity index (χ0) is 11.6. The van der Waals surface area contributed by atoms with Gasteiger partial charge in [0.15, 0.2) is 0 Å². The lowest BCUT2D eigenvalue weighted by molar-refractivity contribution is -0.159. The van der Waals surface area contributed by atoms with Gasteiger partial charge in [0.25, 0.3) is 0 Å². The van der Waals surface area contributed by atoms with Crippen LogP contribution in [0.3, 0.4) is 0 Å². The molecule has 1 saturated heterocycles. The van der Waals surface area contributed by atoms with Crippen molar-refractivity contribution in [2.75, 3.05) is 20.2 Å². The molecule has 2 rings (SSSR count). The fourth-order valence-electron chi connectivity index (χ4n) is 3.21. The van der Waals surface area contributed by atoms with Gasteiger partial charge < -0.3 is 10.1 Å². The summed E-state index contributed by atoms with van der Waals surface area (Å²) in [6.07, 6.45) is 4.28. The van der Waals surface area contributed by atoms with Crippen LogP contribution in [-0.2, 0) is 14.3 Å². The van der Waals surface area contributed by atoms with E-state index in [-0.39, 0.29) is 17.2 Å². The molecule has 0 radical (unpaired) electrons. The number of ether oxygens (including phenoxy) is 1. The van der Waals surface area contributed by atoms with Gasteiger partial charge in [-0.3, -0.25) is 9.59 Å².